The quantitative estimate of drug-likeness (QED) is 0.464. The molecule has 1 N–H and O–H groups in total. The maximum atomic E-state index is 11.4. The van der Waals surface area contributed by atoms with Crippen LogP contribution in [0.25, 0.3) is 0 Å². The zero-order valence-corrected chi connectivity index (χ0v) is 10.3. The third-order valence-corrected chi connectivity index (χ3v) is 2.26. The molecule has 1 aliphatic rings. The van der Waals surface area contributed by atoms with E-state index in [4.69, 9.17) is 4.74 Å². The van der Waals surface area contributed by atoms with Crippen LogP contribution in [0, 0.1) is 16.0 Å². The number of carbonyl (C=O) groups is 1. The standard InChI is InChI=1S/C11H18N2O4/c1-11(2,3)17-10(14)12-9-5-4-8(6-9)7-13(15)16/h4-5,8-9H,6-7H2,1-3H3,(H,12,14)/t8-,9+/m0/s1. The fourth-order valence-corrected chi connectivity index (χ4v) is 1.67. The highest BCUT2D eigenvalue weighted by atomic mass is 16.6. The smallest absolute Gasteiger partial charge is 0.408 e. The van der Waals surface area contributed by atoms with Gasteiger partial charge in [0.1, 0.15) is 5.60 Å². The Labute approximate surface area is 100 Å². The lowest BCUT2D eigenvalue weighted by atomic mass is 10.1. The Balaban J connectivity index is 2.34. The Morgan fingerprint density at radius 3 is 2.71 bits per heavy atom. The van der Waals surface area contributed by atoms with Crippen molar-refractivity contribution in [2.45, 2.75) is 38.8 Å². The number of hydrogen-bond donors (Lipinski definition) is 1. The minimum absolute atomic E-state index is 0.0942. The van der Waals surface area contributed by atoms with Gasteiger partial charge in [-0.05, 0) is 27.2 Å². The van der Waals surface area contributed by atoms with Gasteiger partial charge < -0.3 is 10.1 Å². The largest absolute Gasteiger partial charge is 0.444 e. The van der Waals surface area contributed by atoms with Crippen LogP contribution >= 0.6 is 0 Å². The summed E-state index contributed by atoms with van der Waals surface area (Å²) in [6.07, 6.45) is 3.61. The van der Waals surface area contributed by atoms with Crippen LogP contribution in [0.15, 0.2) is 12.2 Å². The summed E-state index contributed by atoms with van der Waals surface area (Å²) in [4.78, 5) is 21.4. The molecular formula is C11H18N2O4. The van der Waals surface area contributed by atoms with Crippen LogP contribution in [0.4, 0.5) is 4.79 Å². The molecule has 0 heterocycles. The number of nitro groups is 1. The molecule has 1 amide bonds. The molecule has 0 saturated heterocycles. The van der Waals surface area contributed by atoms with Crippen LogP contribution < -0.4 is 5.32 Å². The summed E-state index contributed by atoms with van der Waals surface area (Å²) < 4.78 is 5.10. The second-order valence-corrected chi connectivity index (χ2v) is 5.15. The van der Waals surface area contributed by atoms with Gasteiger partial charge in [-0.1, -0.05) is 12.2 Å². The number of rotatable bonds is 3. The number of carbonyl (C=O) groups excluding carboxylic acids is 1. The Morgan fingerprint density at radius 2 is 2.18 bits per heavy atom. The third-order valence-electron chi connectivity index (χ3n) is 2.26. The van der Waals surface area contributed by atoms with Crippen molar-refractivity contribution < 1.29 is 14.5 Å². The van der Waals surface area contributed by atoms with Crippen LogP contribution in [-0.2, 0) is 4.74 Å². The van der Waals surface area contributed by atoms with Gasteiger partial charge in [0, 0.05) is 10.8 Å². The fourth-order valence-electron chi connectivity index (χ4n) is 1.67. The van der Waals surface area contributed by atoms with E-state index >= 15 is 0 Å². The number of hydrogen-bond acceptors (Lipinski definition) is 4. The van der Waals surface area contributed by atoms with Gasteiger partial charge in [0.2, 0.25) is 6.54 Å². The molecule has 1 aliphatic carbocycles. The van der Waals surface area contributed by atoms with E-state index in [2.05, 4.69) is 5.32 Å². The second-order valence-electron chi connectivity index (χ2n) is 5.15. The predicted octanol–water partition coefficient (Wildman–Crippen LogP) is 1.73. The molecule has 6 nitrogen and oxygen atoms in total. The van der Waals surface area contributed by atoms with Crippen LogP contribution in [0.2, 0.25) is 0 Å². The minimum Gasteiger partial charge on any atom is -0.444 e. The van der Waals surface area contributed by atoms with E-state index in [1.807, 2.05) is 0 Å². The molecule has 0 aromatic carbocycles. The van der Waals surface area contributed by atoms with Gasteiger partial charge in [0.15, 0.2) is 0 Å². The van der Waals surface area contributed by atoms with Gasteiger partial charge in [0.05, 0.1) is 6.04 Å². The average Bonchev–Trinajstić information content (AvgIpc) is 2.46. The highest BCUT2D eigenvalue weighted by molar-refractivity contribution is 5.68. The van der Waals surface area contributed by atoms with E-state index in [9.17, 15) is 14.9 Å². The zero-order chi connectivity index (χ0) is 13.1. The first kappa shape index (κ1) is 13.5. The first-order valence-electron chi connectivity index (χ1n) is 5.56. The molecular weight excluding hydrogens is 224 g/mol. The molecule has 0 unspecified atom stereocenters. The van der Waals surface area contributed by atoms with E-state index in [1.165, 1.54) is 0 Å². The van der Waals surface area contributed by atoms with Crippen molar-refractivity contribution in [1.82, 2.24) is 5.32 Å². The molecule has 96 valence electrons. The summed E-state index contributed by atoms with van der Waals surface area (Å²) in [6, 6.07) is -0.171. The molecule has 0 fully saturated rings. The number of nitrogens with zero attached hydrogens (tertiary/aromatic N) is 1. The third kappa shape index (κ3) is 5.33. The molecule has 0 spiro atoms. The van der Waals surface area contributed by atoms with E-state index in [0.717, 1.165) is 0 Å². The Morgan fingerprint density at radius 1 is 1.53 bits per heavy atom. The molecule has 0 aromatic heterocycles. The van der Waals surface area contributed by atoms with Crippen molar-refractivity contribution in [3.05, 3.63) is 22.3 Å². The monoisotopic (exact) mass is 242 g/mol. The molecule has 0 saturated carbocycles. The lowest BCUT2D eigenvalue weighted by molar-refractivity contribution is -0.485. The summed E-state index contributed by atoms with van der Waals surface area (Å²) in [5.41, 5.74) is -0.535. The van der Waals surface area contributed by atoms with Gasteiger partial charge in [-0.25, -0.2) is 4.79 Å². The van der Waals surface area contributed by atoms with Gasteiger partial charge in [-0.3, -0.25) is 10.1 Å². The van der Waals surface area contributed by atoms with Crippen LogP contribution in [0.1, 0.15) is 27.2 Å². The van der Waals surface area contributed by atoms with Gasteiger partial charge in [0.25, 0.3) is 0 Å². The number of ether oxygens (including phenoxy) is 1. The summed E-state index contributed by atoms with van der Waals surface area (Å²) in [5.74, 6) is -0.107. The summed E-state index contributed by atoms with van der Waals surface area (Å²) in [7, 11) is 0. The molecule has 0 bridgehead atoms. The van der Waals surface area contributed by atoms with E-state index in [-0.39, 0.29) is 23.4 Å². The van der Waals surface area contributed by atoms with Crippen LogP contribution in [0.5, 0.6) is 0 Å². The van der Waals surface area contributed by atoms with E-state index < -0.39 is 11.7 Å². The van der Waals surface area contributed by atoms with Crippen molar-refractivity contribution in [3.8, 4) is 0 Å². The maximum absolute atomic E-state index is 11.4. The zero-order valence-electron chi connectivity index (χ0n) is 10.3. The Bertz CT molecular complexity index is 333. The SMILES string of the molecule is CC(C)(C)OC(=O)N[C@@H]1C=C[C@H](C[N+](=O)[O-])C1. The van der Waals surface area contributed by atoms with Crippen molar-refractivity contribution in [3.63, 3.8) is 0 Å². The first-order valence-corrected chi connectivity index (χ1v) is 5.56. The number of alkyl carbamates (subject to hydrolysis) is 1. The van der Waals surface area contributed by atoms with Crippen molar-refractivity contribution in [1.29, 1.82) is 0 Å². The van der Waals surface area contributed by atoms with E-state index in [0.29, 0.717) is 6.42 Å². The minimum atomic E-state index is -0.535. The molecule has 0 radical (unpaired) electrons. The highest BCUT2D eigenvalue weighted by Gasteiger charge is 2.25. The fraction of sp³-hybridized carbons (Fsp3) is 0.727. The molecule has 1 rings (SSSR count). The first-order chi connectivity index (χ1) is 7.76. The summed E-state index contributed by atoms with van der Waals surface area (Å²) in [5, 5.41) is 13.0. The molecule has 6 heteroatoms. The second kappa shape index (κ2) is 5.16. The average molecular weight is 242 g/mol. The van der Waals surface area contributed by atoms with Crippen molar-refractivity contribution >= 4 is 6.09 Å². The summed E-state index contributed by atoms with van der Waals surface area (Å²) >= 11 is 0. The van der Waals surface area contributed by atoms with Gasteiger partial charge >= 0.3 is 6.09 Å². The molecule has 17 heavy (non-hydrogen) atoms. The molecule has 0 aliphatic heterocycles. The maximum Gasteiger partial charge on any atom is 0.408 e. The Hall–Kier alpha value is -1.59. The number of amides is 1. The number of nitrogens with one attached hydrogen (secondary N) is 1. The molecule has 0 aromatic rings. The van der Waals surface area contributed by atoms with Crippen molar-refractivity contribution in [2.75, 3.05) is 6.54 Å². The predicted molar refractivity (Wildman–Crippen MR) is 62.3 cm³/mol. The normalized spacial score (nSPS) is 23.5. The van der Waals surface area contributed by atoms with E-state index in [1.54, 1.807) is 32.9 Å². The topological polar surface area (TPSA) is 81.5 Å². The Kier molecular flexibility index (Phi) is 4.09. The van der Waals surface area contributed by atoms with Gasteiger partial charge in [-0.15, -0.1) is 0 Å². The lowest BCUT2D eigenvalue weighted by Crippen LogP contribution is -2.38. The van der Waals surface area contributed by atoms with Crippen LogP contribution in [-0.4, -0.2) is 29.2 Å². The highest BCUT2D eigenvalue weighted by Crippen LogP contribution is 2.18. The van der Waals surface area contributed by atoms with Crippen LogP contribution in [0.3, 0.4) is 0 Å². The van der Waals surface area contributed by atoms with Crippen molar-refractivity contribution in [2.24, 2.45) is 5.92 Å². The molecule has 2 atom stereocenters. The van der Waals surface area contributed by atoms with Gasteiger partial charge in [-0.2, -0.15) is 0 Å². The summed E-state index contributed by atoms with van der Waals surface area (Å²) in [6.45, 7) is 5.26. The lowest BCUT2D eigenvalue weighted by Gasteiger charge is -2.21.